The minimum Gasteiger partial charge on any atom is -0.354 e. The maximum Gasteiger partial charge on any atom is 0.268 e. The highest BCUT2D eigenvalue weighted by molar-refractivity contribution is 6.02. The average Bonchev–Trinajstić information content (AvgIpc) is 3.01. The van der Waals surface area contributed by atoms with Gasteiger partial charge in [-0.05, 0) is 51.1 Å². The van der Waals surface area contributed by atoms with Crippen molar-refractivity contribution in [3.63, 3.8) is 0 Å². The van der Waals surface area contributed by atoms with Gasteiger partial charge in [0.25, 0.3) is 5.91 Å². The van der Waals surface area contributed by atoms with E-state index in [-0.39, 0.29) is 30.1 Å². The number of amides is 1. The molecule has 1 aliphatic carbocycles. The summed E-state index contributed by atoms with van der Waals surface area (Å²) in [6, 6.07) is 0.150. The van der Waals surface area contributed by atoms with E-state index in [9.17, 15) is 9.59 Å². The molecular weight excluding hydrogens is 302 g/mol. The number of hydrogen-bond acceptors (Lipinski definition) is 3. The fourth-order valence-electron chi connectivity index (χ4n) is 3.45. The molecule has 1 aliphatic rings. The van der Waals surface area contributed by atoms with Gasteiger partial charge in [0.2, 0.25) is 0 Å². The fraction of sp³-hybridized carbons (Fsp3) is 0.625. The van der Waals surface area contributed by atoms with Crippen molar-refractivity contribution in [2.24, 2.45) is 11.7 Å². The number of aromatic nitrogens is 1. The van der Waals surface area contributed by atoms with Crippen LogP contribution in [0.5, 0.6) is 0 Å². The number of ketones is 1. The third-order valence-electron chi connectivity index (χ3n) is 4.50. The van der Waals surface area contributed by atoms with E-state index in [2.05, 4.69) is 10.3 Å². The summed E-state index contributed by atoms with van der Waals surface area (Å²) >= 11 is 0. The number of nitrogens with one attached hydrogen (secondary N) is 2. The standard InChI is InChI=1S/C16H25N3O2.ClH/c1-4-12-14(10(3)20)9(2)18-15(12)16(21)19-13-7-5-6-11(13)8-17;/h11,13,18H,4-8,17H2,1-3H3,(H,19,21);1H. The minimum atomic E-state index is -0.118. The van der Waals surface area contributed by atoms with Gasteiger partial charge >= 0.3 is 0 Å². The van der Waals surface area contributed by atoms with Gasteiger partial charge in [-0.1, -0.05) is 13.3 Å². The number of hydrogen-bond donors (Lipinski definition) is 3. The van der Waals surface area contributed by atoms with E-state index in [0.29, 0.717) is 30.1 Å². The maximum absolute atomic E-state index is 12.5. The Balaban J connectivity index is 0.00000242. The summed E-state index contributed by atoms with van der Waals surface area (Å²) in [5, 5.41) is 3.09. The summed E-state index contributed by atoms with van der Waals surface area (Å²) in [6.45, 7) is 5.95. The van der Waals surface area contributed by atoms with Gasteiger partial charge in [0, 0.05) is 17.3 Å². The molecule has 22 heavy (non-hydrogen) atoms. The van der Waals surface area contributed by atoms with Gasteiger partial charge in [0.1, 0.15) is 5.69 Å². The van der Waals surface area contributed by atoms with Crippen LogP contribution in [0.1, 0.15) is 65.2 Å². The number of aryl methyl sites for hydroxylation is 1. The van der Waals surface area contributed by atoms with Crippen molar-refractivity contribution < 1.29 is 9.59 Å². The summed E-state index contributed by atoms with van der Waals surface area (Å²) in [5.74, 6) is 0.246. The van der Waals surface area contributed by atoms with Crippen molar-refractivity contribution in [3.05, 3.63) is 22.5 Å². The highest BCUT2D eigenvalue weighted by atomic mass is 35.5. The molecule has 2 rings (SSSR count). The molecule has 2 unspecified atom stereocenters. The average molecular weight is 328 g/mol. The van der Waals surface area contributed by atoms with Gasteiger partial charge in [-0.15, -0.1) is 12.4 Å². The van der Waals surface area contributed by atoms with Crippen LogP contribution in [0, 0.1) is 12.8 Å². The Kier molecular flexibility index (Phi) is 6.63. The van der Waals surface area contributed by atoms with Crippen molar-refractivity contribution in [2.45, 2.75) is 52.5 Å². The van der Waals surface area contributed by atoms with Crippen LogP contribution in [0.2, 0.25) is 0 Å². The molecule has 6 heteroatoms. The van der Waals surface area contributed by atoms with Gasteiger partial charge in [0.05, 0.1) is 0 Å². The Morgan fingerprint density at radius 2 is 2.05 bits per heavy atom. The smallest absolute Gasteiger partial charge is 0.268 e. The van der Waals surface area contributed by atoms with Gasteiger partial charge in [-0.25, -0.2) is 0 Å². The van der Waals surface area contributed by atoms with Crippen LogP contribution in [0.3, 0.4) is 0 Å². The molecule has 4 N–H and O–H groups in total. The number of H-pyrrole nitrogens is 1. The Morgan fingerprint density at radius 1 is 1.36 bits per heavy atom. The van der Waals surface area contributed by atoms with Crippen molar-refractivity contribution in [3.8, 4) is 0 Å². The number of aromatic amines is 1. The SMILES string of the molecule is CCc1c(C(=O)NC2CCCC2CN)[nH]c(C)c1C(C)=O.Cl. The normalized spacial score (nSPS) is 20.5. The number of rotatable bonds is 5. The highest BCUT2D eigenvalue weighted by Crippen LogP contribution is 2.26. The predicted molar refractivity (Wildman–Crippen MR) is 89.8 cm³/mol. The van der Waals surface area contributed by atoms with Crippen molar-refractivity contribution in [1.29, 1.82) is 0 Å². The minimum absolute atomic E-state index is 0. The van der Waals surface area contributed by atoms with Crippen LogP contribution >= 0.6 is 12.4 Å². The van der Waals surface area contributed by atoms with Gasteiger partial charge in [0.15, 0.2) is 5.78 Å². The molecular formula is C16H26ClN3O2. The lowest BCUT2D eigenvalue weighted by molar-refractivity contribution is 0.0923. The molecule has 5 nitrogen and oxygen atoms in total. The van der Waals surface area contributed by atoms with Gasteiger partial charge < -0.3 is 16.0 Å². The first kappa shape index (κ1) is 18.7. The van der Waals surface area contributed by atoms with E-state index in [0.717, 1.165) is 30.5 Å². The van der Waals surface area contributed by atoms with Crippen LogP contribution in [-0.4, -0.2) is 29.3 Å². The van der Waals surface area contributed by atoms with Crippen LogP contribution < -0.4 is 11.1 Å². The van der Waals surface area contributed by atoms with Crippen molar-refractivity contribution in [1.82, 2.24) is 10.3 Å². The van der Waals surface area contributed by atoms with E-state index in [4.69, 9.17) is 5.73 Å². The second kappa shape index (κ2) is 7.79. The first-order valence-corrected chi connectivity index (χ1v) is 7.72. The van der Waals surface area contributed by atoms with E-state index < -0.39 is 0 Å². The number of carbonyl (C=O) groups is 2. The van der Waals surface area contributed by atoms with Crippen LogP contribution in [-0.2, 0) is 6.42 Å². The fourth-order valence-corrected chi connectivity index (χ4v) is 3.45. The Bertz CT molecular complexity index is 554. The Morgan fingerprint density at radius 3 is 2.59 bits per heavy atom. The molecule has 2 atom stereocenters. The van der Waals surface area contributed by atoms with E-state index in [1.54, 1.807) is 6.92 Å². The quantitative estimate of drug-likeness (QED) is 0.725. The lowest BCUT2D eigenvalue weighted by Gasteiger charge is -2.19. The first-order valence-electron chi connectivity index (χ1n) is 7.72. The second-order valence-electron chi connectivity index (χ2n) is 5.89. The van der Waals surface area contributed by atoms with E-state index in [1.165, 1.54) is 0 Å². The molecule has 0 bridgehead atoms. The Labute approximate surface area is 137 Å². The van der Waals surface area contributed by atoms with Crippen molar-refractivity contribution >= 4 is 24.1 Å². The molecule has 0 aromatic carbocycles. The molecule has 1 saturated carbocycles. The number of Topliss-reactive ketones (excluding diaryl/α,β-unsaturated/α-hetero) is 1. The topological polar surface area (TPSA) is 88.0 Å². The van der Waals surface area contributed by atoms with E-state index in [1.807, 2.05) is 13.8 Å². The highest BCUT2D eigenvalue weighted by Gasteiger charge is 2.29. The third kappa shape index (κ3) is 3.52. The second-order valence-corrected chi connectivity index (χ2v) is 5.89. The maximum atomic E-state index is 12.5. The molecule has 1 aromatic rings. The van der Waals surface area contributed by atoms with Crippen LogP contribution in [0.4, 0.5) is 0 Å². The lowest BCUT2D eigenvalue weighted by Crippen LogP contribution is -2.40. The molecule has 124 valence electrons. The molecule has 1 fully saturated rings. The first-order chi connectivity index (χ1) is 9.99. The monoisotopic (exact) mass is 327 g/mol. The molecule has 0 saturated heterocycles. The summed E-state index contributed by atoms with van der Waals surface area (Å²) < 4.78 is 0. The van der Waals surface area contributed by atoms with Gasteiger partial charge in [-0.3, -0.25) is 9.59 Å². The lowest BCUT2D eigenvalue weighted by atomic mass is 10.0. The predicted octanol–water partition coefficient (Wildman–Crippen LogP) is 2.37. The molecule has 0 aliphatic heterocycles. The van der Waals surface area contributed by atoms with Crippen LogP contribution in [0.15, 0.2) is 0 Å². The summed E-state index contributed by atoms with van der Waals surface area (Å²) in [7, 11) is 0. The van der Waals surface area contributed by atoms with E-state index >= 15 is 0 Å². The van der Waals surface area contributed by atoms with Crippen molar-refractivity contribution in [2.75, 3.05) is 6.54 Å². The third-order valence-corrected chi connectivity index (χ3v) is 4.50. The van der Waals surface area contributed by atoms with Gasteiger partial charge in [-0.2, -0.15) is 0 Å². The van der Waals surface area contributed by atoms with Crippen LogP contribution in [0.25, 0.3) is 0 Å². The molecule has 0 radical (unpaired) electrons. The number of halogens is 1. The molecule has 1 amide bonds. The molecule has 1 aromatic heterocycles. The number of nitrogens with two attached hydrogens (primary N) is 1. The molecule has 0 spiro atoms. The summed E-state index contributed by atoms with van der Waals surface area (Å²) in [5.41, 5.74) is 8.54. The largest absolute Gasteiger partial charge is 0.354 e. The summed E-state index contributed by atoms with van der Waals surface area (Å²) in [6.07, 6.45) is 3.82. The summed E-state index contributed by atoms with van der Waals surface area (Å²) in [4.78, 5) is 27.4. The molecule has 1 heterocycles. The zero-order valence-corrected chi connectivity index (χ0v) is 14.3. The number of carbonyl (C=O) groups excluding carboxylic acids is 2. The zero-order valence-electron chi connectivity index (χ0n) is 13.5. The zero-order chi connectivity index (χ0) is 15.6. The Hall–Kier alpha value is -1.33.